The van der Waals surface area contributed by atoms with Crippen LogP contribution >= 0.6 is 0 Å². The molecule has 0 radical (unpaired) electrons. The monoisotopic (exact) mass is 294 g/mol. The van der Waals surface area contributed by atoms with Crippen molar-refractivity contribution in [3.05, 3.63) is 29.6 Å². The molecule has 1 aliphatic rings. The Morgan fingerprint density at radius 1 is 1.14 bits per heavy atom. The van der Waals surface area contributed by atoms with Gasteiger partial charge in [-0.1, -0.05) is 31.4 Å². The van der Waals surface area contributed by atoms with Crippen LogP contribution < -0.4 is 10.2 Å². The molecule has 21 heavy (non-hydrogen) atoms. The predicted octanol–water partition coefficient (Wildman–Crippen LogP) is 3.33. The number of hydrogen-bond donors (Lipinski definition) is 1. The molecule has 1 saturated heterocycles. The molecule has 0 aromatic heterocycles. The summed E-state index contributed by atoms with van der Waals surface area (Å²) in [5, 5.41) is 3.32. The van der Waals surface area contributed by atoms with Crippen molar-refractivity contribution in [1.29, 1.82) is 0 Å². The van der Waals surface area contributed by atoms with Crippen molar-refractivity contribution in [2.45, 2.75) is 38.6 Å². The van der Waals surface area contributed by atoms with Crippen LogP contribution in [-0.2, 0) is 11.3 Å². The Bertz CT molecular complexity index is 417. The highest BCUT2D eigenvalue weighted by molar-refractivity contribution is 5.55. The first-order valence-corrected chi connectivity index (χ1v) is 8.05. The molecule has 0 spiro atoms. The molecular formula is C17H27FN2O. The van der Waals surface area contributed by atoms with Crippen molar-refractivity contribution < 1.29 is 9.13 Å². The first-order valence-electron chi connectivity index (χ1n) is 8.05. The fourth-order valence-corrected chi connectivity index (χ4v) is 2.93. The van der Waals surface area contributed by atoms with Crippen LogP contribution in [0.15, 0.2) is 18.2 Å². The average Bonchev–Trinajstić information content (AvgIpc) is 2.45. The molecule has 0 atom stereocenters. The Hall–Kier alpha value is -1.13. The number of methoxy groups -OCH3 is 1. The molecule has 1 fully saturated rings. The quantitative estimate of drug-likeness (QED) is 0.815. The highest BCUT2D eigenvalue weighted by Gasteiger charge is 2.16. The van der Waals surface area contributed by atoms with Crippen molar-refractivity contribution in [3.63, 3.8) is 0 Å². The molecule has 4 heteroatoms. The van der Waals surface area contributed by atoms with Crippen LogP contribution in [0.5, 0.6) is 0 Å². The van der Waals surface area contributed by atoms with Crippen molar-refractivity contribution in [2.24, 2.45) is 0 Å². The molecule has 0 aliphatic carbocycles. The molecule has 1 aliphatic heterocycles. The number of halogens is 1. The summed E-state index contributed by atoms with van der Waals surface area (Å²) in [4.78, 5) is 2.24. The lowest BCUT2D eigenvalue weighted by atomic mass is 10.1. The maximum atomic E-state index is 14.4. The SMILES string of the molecule is COCCNCc1cccc(F)c1N1CCCCCCC1. The van der Waals surface area contributed by atoms with E-state index in [1.807, 2.05) is 6.07 Å². The molecule has 0 saturated carbocycles. The highest BCUT2D eigenvalue weighted by atomic mass is 19.1. The van der Waals surface area contributed by atoms with E-state index in [1.165, 1.54) is 19.3 Å². The van der Waals surface area contributed by atoms with Crippen molar-refractivity contribution in [2.75, 3.05) is 38.3 Å². The van der Waals surface area contributed by atoms with E-state index >= 15 is 0 Å². The maximum Gasteiger partial charge on any atom is 0.146 e. The van der Waals surface area contributed by atoms with Crippen LogP contribution in [-0.4, -0.2) is 33.4 Å². The summed E-state index contributed by atoms with van der Waals surface area (Å²) < 4.78 is 19.4. The van der Waals surface area contributed by atoms with Gasteiger partial charge in [0.05, 0.1) is 12.3 Å². The van der Waals surface area contributed by atoms with Crippen LogP contribution in [0.1, 0.15) is 37.7 Å². The molecular weight excluding hydrogens is 267 g/mol. The smallest absolute Gasteiger partial charge is 0.146 e. The van der Waals surface area contributed by atoms with Gasteiger partial charge in [-0.25, -0.2) is 4.39 Å². The number of rotatable bonds is 6. The second-order valence-corrected chi connectivity index (χ2v) is 5.67. The molecule has 118 valence electrons. The van der Waals surface area contributed by atoms with E-state index in [0.717, 1.165) is 43.7 Å². The molecule has 0 bridgehead atoms. The van der Waals surface area contributed by atoms with Crippen LogP contribution in [0.4, 0.5) is 10.1 Å². The highest BCUT2D eigenvalue weighted by Crippen LogP contribution is 2.26. The van der Waals surface area contributed by atoms with E-state index in [-0.39, 0.29) is 5.82 Å². The third-order valence-corrected chi connectivity index (χ3v) is 4.04. The third-order valence-electron chi connectivity index (χ3n) is 4.04. The number of nitrogens with one attached hydrogen (secondary N) is 1. The van der Waals surface area contributed by atoms with Crippen molar-refractivity contribution in [3.8, 4) is 0 Å². The van der Waals surface area contributed by atoms with Gasteiger partial charge >= 0.3 is 0 Å². The largest absolute Gasteiger partial charge is 0.383 e. The second-order valence-electron chi connectivity index (χ2n) is 5.67. The molecule has 0 unspecified atom stereocenters. The maximum absolute atomic E-state index is 14.4. The number of anilines is 1. The number of ether oxygens (including phenoxy) is 1. The van der Waals surface area contributed by atoms with Gasteiger partial charge in [-0.3, -0.25) is 0 Å². The van der Waals surface area contributed by atoms with E-state index < -0.39 is 0 Å². The lowest BCUT2D eigenvalue weighted by molar-refractivity contribution is 0.199. The van der Waals surface area contributed by atoms with Crippen molar-refractivity contribution >= 4 is 5.69 Å². The summed E-state index contributed by atoms with van der Waals surface area (Å²) in [7, 11) is 1.69. The fourth-order valence-electron chi connectivity index (χ4n) is 2.93. The number of hydrogen-bond acceptors (Lipinski definition) is 3. The summed E-state index contributed by atoms with van der Waals surface area (Å²) >= 11 is 0. The van der Waals surface area contributed by atoms with Gasteiger partial charge in [-0.15, -0.1) is 0 Å². The lowest BCUT2D eigenvalue weighted by Gasteiger charge is -2.29. The van der Waals surface area contributed by atoms with Gasteiger partial charge in [0.25, 0.3) is 0 Å². The van der Waals surface area contributed by atoms with Gasteiger partial charge in [0, 0.05) is 33.3 Å². The van der Waals surface area contributed by atoms with Crippen LogP contribution in [0.2, 0.25) is 0 Å². The first kappa shape index (κ1) is 16.2. The zero-order chi connectivity index (χ0) is 14.9. The molecule has 1 N–H and O–H groups in total. The standard InChI is InChI=1S/C17H27FN2O/c1-21-13-10-19-14-15-8-7-9-16(18)17(15)20-11-5-3-2-4-6-12-20/h7-9,19H,2-6,10-14H2,1H3. The minimum atomic E-state index is -0.0957. The van der Waals surface area contributed by atoms with Gasteiger partial charge in [-0.2, -0.15) is 0 Å². The number of para-hydroxylation sites is 1. The van der Waals surface area contributed by atoms with E-state index in [2.05, 4.69) is 10.2 Å². The zero-order valence-electron chi connectivity index (χ0n) is 13.0. The van der Waals surface area contributed by atoms with Gasteiger partial charge < -0.3 is 15.0 Å². The Labute approximate surface area is 127 Å². The van der Waals surface area contributed by atoms with Gasteiger partial charge in [0.2, 0.25) is 0 Å². The average molecular weight is 294 g/mol. The van der Waals surface area contributed by atoms with Crippen LogP contribution in [0.25, 0.3) is 0 Å². The molecule has 3 nitrogen and oxygen atoms in total. The number of benzene rings is 1. The van der Waals surface area contributed by atoms with Crippen LogP contribution in [0, 0.1) is 5.82 Å². The second kappa shape index (κ2) is 9.00. The van der Waals surface area contributed by atoms with Crippen LogP contribution in [0.3, 0.4) is 0 Å². The summed E-state index contributed by atoms with van der Waals surface area (Å²) in [6, 6.07) is 5.40. The summed E-state index contributed by atoms with van der Waals surface area (Å²) in [5.41, 5.74) is 1.84. The molecule has 2 rings (SSSR count). The Balaban J connectivity index is 2.07. The Kier molecular flexibility index (Phi) is 6.96. The first-order chi connectivity index (χ1) is 10.3. The normalized spacial score (nSPS) is 16.6. The van der Waals surface area contributed by atoms with E-state index in [4.69, 9.17) is 4.74 Å². The molecule has 0 amide bonds. The lowest BCUT2D eigenvalue weighted by Crippen LogP contribution is -2.30. The fraction of sp³-hybridized carbons (Fsp3) is 0.647. The van der Waals surface area contributed by atoms with E-state index in [0.29, 0.717) is 13.2 Å². The van der Waals surface area contributed by atoms with Gasteiger partial charge in [0.15, 0.2) is 0 Å². The van der Waals surface area contributed by atoms with Gasteiger partial charge in [0.1, 0.15) is 5.82 Å². The van der Waals surface area contributed by atoms with E-state index in [9.17, 15) is 4.39 Å². The number of nitrogens with zero attached hydrogens (tertiary/aromatic N) is 1. The van der Waals surface area contributed by atoms with Gasteiger partial charge in [-0.05, 0) is 24.5 Å². The minimum absolute atomic E-state index is 0.0957. The summed E-state index contributed by atoms with van der Waals surface area (Å²) in [6.07, 6.45) is 6.14. The predicted molar refractivity (Wildman–Crippen MR) is 85.3 cm³/mol. The molecule has 1 heterocycles. The Morgan fingerprint density at radius 2 is 1.86 bits per heavy atom. The molecule has 1 aromatic carbocycles. The van der Waals surface area contributed by atoms with E-state index in [1.54, 1.807) is 19.2 Å². The minimum Gasteiger partial charge on any atom is -0.383 e. The topological polar surface area (TPSA) is 24.5 Å². The van der Waals surface area contributed by atoms with Crippen molar-refractivity contribution in [1.82, 2.24) is 5.32 Å². The third kappa shape index (κ3) is 4.97. The zero-order valence-corrected chi connectivity index (χ0v) is 13.0. The Morgan fingerprint density at radius 3 is 2.57 bits per heavy atom. The summed E-state index contributed by atoms with van der Waals surface area (Å²) in [5.74, 6) is -0.0957. The molecule has 1 aromatic rings. The summed E-state index contributed by atoms with van der Waals surface area (Å²) in [6.45, 7) is 4.08.